The van der Waals surface area contributed by atoms with Crippen LogP contribution in [0.5, 0.6) is 28.7 Å². The Kier molecular flexibility index (Phi) is 4.51. The van der Waals surface area contributed by atoms with Gasteiger partial charge in [0.05, 0.1) is 33.1 Å². The van der Waals surface area contributed by atoms with E-state index in [0.29, 0.717) is 46.4 Å². The fraction of sp³-hybridized carbons (Fsp3) is 0.409. The van der Waals surface area contributed by atoms with Gasteiger partial charge < -0.3 is 34.2 Å². The second kappa shape index (κ2) is 7.12. The number of ether oxygens (including phenoxy) is 6. The van der Waals surface area contributed by atoms with Crippen LogP contribution in [-0.2, 0) is 11.2 Å². The molecule has 0 aliphatic carbocycles. The first kappa shape index (κ1) is 19.6. The van der Waals surface area contributed by atoms with Crippen molar-refractivity contribution in [1.82, 2.24) is 4.90 Å². The molecule has 3 aliphatic heterocycles. The van der Waals surface area contributed by atoms with Crippen LogP contribution in [0, 0.1) is 0 Å². The van der Waals surface area contributed by atoms with Crippen molar-refractivity contribution >= 4 is 11.7 Å². The van der Waals surface area contributed by atoms with Gasteiger partial charge in [0.15, 0.2) is 23.0 Å². The van der Waals surface area contributed by atoms with Crippen molar-refractivity contribution in [3.63, 3.8) is 0 Å². The summed E-state index contributed by atoms with van der Waals surface area (Å²) in [4.78, 5) is 15.1. The number of nitrogens with two attached hydrogens (primary N) is 1. The smallest absolute Gasteiger partial charge is 0.343 e. The van der Waals surface area contributed by atoms with Crippen molar-refractivity contribution in [2.45, 2.75) is 18.6 Å². The van der Waals surface area contributed by atoms with Crippen molar-refractivity contribution < 1.29 is 33.2 Å². The molecule has 0 spiro atoms. The highest BCUT2D eigenvalue weighted by molar-refractivity contribution is 5.98. The lowest BCUT2D eigenvalue weighted by Gasteiger charge is -2.39. The molecule has 9 nitrogen and oxygen atoms in total. The summed E-state index contributed by atoms with van der Waals surface area (Å²) in [6.45, 7) is 0.804. The van der Waals surface area contributed by atoms with Crippen molar-refractivity contribution in [3.8, 4) is 28.7 Å². The number of likely N-dealkylation sites (N-methyl/N-ethyl adjacent to an activating group) is 1. The summed E-state index contributed by atoms with van der Waals surface area (Å²) in [5.41, 5.74) is 9.88. The molecular weight excluding hydrogens is 404 g/mol. The number of benzene rings is 2. The summed E-state index contributed by atoms with van der Waals surface area (Å²) in [5, 5.41) is 0. The highest BCUT2D eigenvalue weighted by atomic mass is 16.7. The normalized spacial score (nSPS) is 21.4. The van der Waals surface area contributed by atoms with Crippen molar-refractivity contribution in [2.24, 2.45) is 0 Å². The molecule has 1 unspecified atom stereocenters. The van der Waals surface area contributed by atoms with E-state index >= 15 is 0 Å². The maximum Gasteiger partial charge on any atom is 0.343 e. The second-order valence-corrected chi connectivity index (χ2v) is 7.67. The monoisotopic (exact) mass is 428 g/mol. The number of rotatable bonds is 4. The standard InChI is InChI=1S/C22H24N2O7/c1-24-8-7-10-13(19(28-4)21-20(15(10)23)29-9-30-21)16(24)17-11-5-6-12(26-2)18(27-3)14(11)22(25)31-17/h5-6,16-17H,7-9,23H2,1-4H3/t16?,17-/m0/s1. The third-order valence-corrected chi connectivity index (χ3v) is 6.26. The van der Waals surface area contributed by atoms with E-state index in [2.05, 4.69) is 4.90 Å². The van der Waals surface area contributed by atoms with Crippen molar-refractivity contribution in [1.29, 1.82) is 0 Å². The van der Waals surface area contributed by atoms with Crippen LogP contribution in [0.15, 0.2) is 12.1 Å². The number of carbonyl (C=O) groups is 1. The van der Waals surface area contributed by atoms with Gasteiger partial charge in [-0.25, -0.2) is 4.79 Å². The van der Waals surface area contributed by atoms with E-state index in [0.717, 1.165) is 23.2 Å². The lowest BCUT2D eigenvalue weighted by atomic mass is 9.84. The van der Waals surface area contributed by atoms with Crippen LogP contribution in [0.1, 0.15) is 39.2 Å². The zero-order valence-corrected chi connectivity index (χ0v) is 17.8. The predicted octanol–water partition coefficient (Wildman–Crippen LogP) is 2.46. The first-order valence-electron chi connectivity index (χ1n) is 9.95. The summed E-state index contributed by atoms with van der Waals surface area (Å²) in [6.07, 6.45) is 0.126. The molecule has 5 rings (SSSR count). The average Bonchev–Trinajstić information content (AvgIpc) is 3.39. The molecule has 0 amide bonds. The number of methoxy groups -OCH3 is 3. The highest BCUT2D eigenvalue weighted by Gasteiger charge is 2.47. The molecule has 3 heterocycles. The molecule has 0 aromatic heterocycles. The van der Waals surface area contributed by atoms with E-state index in [-0.39, 0.29) is 12.8 Å². The van der Waals surface area contributed by atoms with E-state index in [1.54, 1.807) is 13.2 Å². The predicted molar refractivity (Wildman–Crippen MR) is 110 cm³/mol. The van der Waals surface area contributed by atoms with Crippen molar-refractivity contribution in [3.05, 3.63) is 34.4 Å². The topological polar surface area (TPSA) is 102 Å². The summed E-state index contributed by atoms with van der Waals surface area (Å²) in [7, 11) is 6.61. The van der Waals surface area contributed by atoms with Crippen LogP contribution in [-0.4, -0.2) is 52.6 Å². The molecular formula is C22H24N2O7. The number of nitrogens with zero attached hydrogens (tertiary/aromatic N) is 1. The molecule has 0 radical (unpaired) electrons. The molecule has 3 aliphatic rings. The van der Waals surface area contributed by atoms with Crippen LogP contribution in [0.25, 0.3) is 0 Å². The Morgan fingerprint density at radius 2 is 1.81 bits per heavy atom. The number of cyclic esters (lactones) is 1. The van der Waals surface area contributed by atoms with Gasteiger partial charge in [-0.2, -0.15) is 0 Å². The lowest BCUT2D eigenvalue weighted by Crippen LogP contribution is -2.36. The van der Waals surface area contributed by atoms with Gasteiger partial charge >= 0.3 is 5.97 Å². The number of hydrogen-bond donors (Lipinski definition) is 1. The molecule has 2 aromatic rings. The van der Waals surface area contributed by atoms with Gasteiger partial charge in [0.1, 0.15) is 11.7 Å². The number of carbonyl (C=O) groups excluding carboxylic acids is 1. The van der Waals surface area contributed by atoms with E-state index in [1.165, 1.54) is 14.2 Å². The van der Waals surface area contributed by atoms with Crippen LogP contribution in [0.2, 0.25) is 0 Å². The molecule has 0 bridgehead atoms. The maximum absolute atomic E-state index is 12.9. The highest BCUT2D eigenvalue weighted by Crippen LogP contribution is 2.57. The molecule has 0 saturated carbocycles. The number of nitrogen functional groups attached to an aromatic ring is 1. The van der Waals surface area contributed by atoms with Gasteiger partial charge in [0.25, 0.3) is 0 Å². The van der Waals surface area contributed by atoms with Gasteiger partial charge in [-0.05, 0) is 25.1 Å². The van der Waals surface area contributed by atoms with Crippen LogP contribution < -0.4 is 29.4 Å². The Balaban J connectivity index is 1.72. The van der Waals surface area contributed by atoms with E-state index in [4.69, 9.17) is 34.2 Å². The number of esters is 1. The van der Waals surface area contributed by atoms with E-state index < -0.39 is 12.1 Å². The molecule has 9 heteroatoms. The molecule has 2 aromatic carbocycles. The molecule has 31 heavy (non-hydrogen) atoms. The van der Waals surface area contributed by atoms with Crippen molar-refractivity contribution in [2.75, 3.05) is 47.4 Å². The first-order valence-corrected chi connectivity index (χ1v) is 9.95. The van der Waals surface area contributed by atoms with Crippen LogP contribution in [0.4, 0.5) is 5.69 Å². The fourth-order valence-electron chi connectivity index (χ4n) is 4.87. The molecule has 164 valence electrons. The van der Waals surface area contributed by atoms with Gasteiger partial charge in [-0.3, -0.25) is 4.90 Å². The zero-order valence-electron chi connectivity index (χ0n) is 17.8. The number of fused-ring (bicyclic) bond motifs is 3. The first-order chi connectivity index (χ1) is 15.0. The Labute approximate surface area is 179 Å². The summed E-state index contributed by atoms with van der Waals surface area (Å²) in [5.74, 6) is 1.93. The largest absolute Gasteiger partial charge is 0.493 e. The molecule has 2 atom stereocenters. The number of hydrogen-bond acceptors (Lipinski definition) is 9. The SMILES string of the molecule is COc1ccc2c(c1OC)C(=O)O[C@@H]2C1c2c(c(N)c3c(c2OC)OCO3)CCN1C. The third-order valence-electron chi connectivity index (χ3n) is 6.26. The minimum Gasteiger partial charge on any atom is -0.493 e. The van der Waals surface area contributed by atoms with Gasteiger partial charge in [-0.15, -0.1) is 0 Å². The third kappa shape index (κ3) is 2.62. The van der Waals surface area contributed by atoms with Crippen LogP contribution >= 0.6 is 0 Å². The molecule has 2 N–H and O–H groups in total. The fourth-order valence-corrected chi connectivity index (χ4v) is 4.87. The Morgan fingerprint density at radius 3 is 2.52 bits per heavy atom. The zero-order chi connectivity index (χ0) is 21.9. The Hall–Kier alpha value is -3.33. The summed E-state index contributed by atoms with van der Waals surface area (Å²) >= 11 is 0. The summed E-state index contributed by atoms with van der Waals surface area (Å²) in [6, 6.07) is 3.29. The average molecular weight is 428 g/mol. The maximum atomic E-state index is 12.9. The van der Waals surface area contributed by atoms with Gasteiger partial charge in [0, 0.05) is 17.7 Å². The van der Waals surface area contributed by atoms with Gasteiger partial charge in [-0.1, -0.05) is 6.07 Å². The van der Waals surface area contributed by atoms with Crippen LogP contribution in [0.3, 0.4) is 0 Å². The summed E-state index contributed by atoms with van der Waals surface area (Å²) < 4.78 is 33.8. The minimum atomic E-state index is -0.583. The lowest BCUT2D eigenvalue weighted by molar-refractivity contribution is 0.00879. The number of anilines is 1. The molecule has 0 saturated heterocycles. The quantitative estimate of drug-likeness (QED) is 0.581. The van der Waals surface area contributed by atoms with Gasteiger partial charge in [0.2, 0.25) is 12.5 Å². The second-order valence-electron chi connectivity index (χ2n) is 7.67. The van der Waals surface area contributed by atoms with E-state index in [9.17, 15) is 4.79 Å². The Bertz CT molecular complexity index is 1080. The molecule has 0 fully saturated rings. The minimum absolute atomic E-state index is 0.0809. The van der Waals surface area contributed by atoms with E-state index in [1.807, 2.05) is 13.1 Å². The Morgan fingerprint density at radius 1 is 1.06 bits per heavy atom.